The standard InChI is InChI=1S/C25H25N3O3/c1-18(26-20-7-5-8-21(17-20)28-16-6-11-24(28)29)25(30)27-19-12-14-23(15-13-19)31-22-9-3-2-4-10-22/h2-5,7-10,12-15,17-18,26H,6,11,16H2,1H3,(H,27,30). The van der Waals surface area contributed by atoms with E-state index in [9.17, 15) is 9.59 Å². The maximum Gasteiger partial charge on any atom is 0.246 e. The maximum absolute atomic E-state index is 12.6. The monoisotopic (exact) mass is 415 g/mol. The molecule has 1 aliphatic heterocycles. The zero-order chi connectivity index (χ0) is 21.6. The van der Waals surface area contributed by atoms with Crippen molar-refractivity contribution in [3.8, 4) is 11.5 Å². The predicted octanol–water partition coefficient (Wildman–Crippen LogP) is 5.04. The number of amides is 2. The lowest BCUT2D eigenvalue weighted by Crippen LogP contribution is -2.32. The molecule has 0 saturated carbocycles. The Morgan fingerprint density at radius 3 is 2.39 bits per heavy atom. The van der Waals surface area contributed by atoms with Crippen molar-refractivity contribution >= 4 is 28.9 Å². The molecule has 1 unspecified atom stereocenters. The van der Waals surface area contributed by atoms with Gasteiger partial charge in [0.15, 0.2) is 0 Å². The van der Waals surface area contributed by atoms with Crippen LogP contribution >= 0.6 is 0 Å². The van der Waals surface area contributed by atoms with Crippen LogP contribution in [0.5, 0.6) is 11.5 Å². The van der Waals surface area contributed by atoms with Crippen molar-refractivity contribution in [3.63, 3.8) is 0 Å². The highest BCUT2D eigenvalue weighted by molar-refractivity contribution is 5.97. The van der Waals surface area contributed by atoms with E-state index >= 15 is 0 Å². The van der Waals surface area contributed by atoms with Gasteiger partial charge in [-0.3, -0.25) is 9.59 Å². The lowest BCUT2D eigenvalue weighted by Gasteiger charge is -2.19. The minimum atomic E-state index is -0.454. The Morgan fingerprint density at radius 1 is 0.935 bits per heavy atom. The number of hydrogen-bond donors (Lipinski definition) is 2. The fraction of sp³-hybridized carbons (Fsp3) is 0.200. The number of rotatable bonds is 7. The van der Waals surface area contributed by atoms with Crippen LogP contribution in [0.25, 0.3) is 0 Å². The largest absolute Gasteiger partial charge is 0.457 e. The molecule has 0 radical (unpaired) electrons. The fourth-order valence-electron chi connectivity index (χ4n) is 3.48. The molecule has 2 amide bonds. The summed E-state index contributed by atoms with van der Waals surface area (Å²) in [4.78, 5) is 26.4. The highest BCUT2D eigenvalue weighted by Gasteiger charge is 2.22. The van der Waals surface area contributed by atoms with Crippen LogP contribution in [0.3, 0.4) is 0 Å². The SMILES string of the molecule is CC(Nc1cccc(N2CCCC2=O)c1)C(=O)Nc1ccc(Oc2ccccc2)cc1. The van der Waals surface area contributed by atoms with E-state index in [0.29, 0.717) is 17.9 Å². The van der Waals surface area contributed by atoms with Crippen LogP contribution < -0.4 is 20.3 Å². The molecule has 31 heavy (non-hydrogen) atoms. The zero-order valence-corrected chi connectivity index (χ0v) is 17.4. The summed E-state index contributed by atoms with van der Waals surface area (Å²) in [5, 5.41) is 6.12. The number of ether oxygens (including phenoxy) is 1. The van der Waals surface area contributed by atoms with Crippen molar-refractivity contribution in [1.29, 1.82) is 0 Å². The minimum Gasteiger partial charge on any atom is -0.457 e. The number of benzene rings is 3. The summed E-state index contributed by atoms with van der Waals surface area (Å²) in [6, 6.07) is 23.9. The van der Waals surface area contributed by atoms with Crippen LogP contribution in [0.4, 0.5) is 17.1 Å². The number of hydrogen-bond acceptors (Lipinski definition) is 4. The van der Waals surface area contributed by atoms with E-state index in [1.54, 1.807) is 11.8 Å². The Hall–Kier alpha value is -3.80. The first kappa shape index (κ1) is 20.5. The molecule has 3 aromatic carbocycles. The van der Waals surface area contributed by atoms with Gasteiger partial charge >= 0.3 is 0 Å². The number of carbonyl (C=O) groups is 2. The Labute approximate surface area is 181 Å². The topological polar surface area (TPSA) is 70.7 Å². The normalized spacial score (nSPS) is 14.2. The van der Waals surface area contributed by atoms with Gasteiger partial charge in [-0.05, 0) is 67.9 Å². The second kappa shape index (κ2) is 9.34. The van der Waals surface area contributed by atoms with Gasteiger partial charge in [0, 0.05) is 30.0 Å². The van der Waals surface area contributed by atoms with E-state index in [2.05, 4.69) is 10.6 Å². The number of para-hydroxylation sites is 1. The first-order valence-electron chi connectivity index (χ1n) is 10.4. The van der Waals surface area contributed by atoms with Gasteiger partial charge in [-0.1, -0.05) is 24.3 Å². The van der Waals surface area contributed by atoms with Crippen molar-refractivity contribution in [2.45, 2.75) is 25.8 Å². The van der Waals surface area contributed by atoms with E-state index in [-0.39, 0.29) is 11.8 Å². The summed E-state index contributed by atoms with van der Waals surface area (Å²) in [6.45, 7) is 2.54. The lowest BCUT2D eigenvalue weighted by molar-refractivity contribution is -0.117. The molecule has 3 aromatic rings. The number of anilines is 3. The number of carbonyl (C=O) groups excluding carboxylic acids is 2. The van der Waals surface area contributed by atoms with Gasteiger partial charge in [-0.15, -0.1) is 0 Å². The Bertz CT molecular complexity index is 1050. The molecule has 4 rings (SSSR count). The highest BCUT2D eigenvalue weighted by atomic mass is 16.5. The molecule has 6 heteroatoms. The third kappa shape index (κ3) is 5.22. The van der Waals surface area contributed by atoms with Crippen molar-refractivity contribution in [2.75, 3.05) is 22.1 Å². The van der Waals surface area contributed by atoms with E-state index in [4.69, 9.17) is 4.74 Å². The lowest BCUT2D eigenvalue weighted by atomic mass is 10.2. The summed E-state index contributed by atoms with van der Waals surface area (Å²) >= 11 is 0. The van der Waals surface area contributed by atoms with Gasteiger partial charge in [0.05, 0.1) is 0 Å². The van der Waals surface area contributed by atoms with Crippen molar-refractivity contribution < 1.29 is 14.3 Å². The molecular weight excluding hydrogens is 390 g/mol. The van der Waals surface area contributed by atoms with Crippen molar-refractivity contribution in [1.82, 2.24) is 0 Å². The minimum absolute atomic E-state index is 0.141. The smallest absolute Gasteiger partial charge is 0.246 e. The van der Waals surface area contributed by atoms with Crippen molar-refractivity contribution in [3.05, 3.63) is 78.9 Å². The first-order chi connectivity index (χ1) is 15.1. The Morgan fingerprint density at radius 2 is 1.68 bits per heavy atom. The van der Waals surface area contributed by atoms with Crippen LogP contribution in [0.1, 0.15) is 19.8 Å². The second-order valence-corrected chi connectivity index (χ2v) is 7.49. The number of nitrogens with one attached hydrogen (secondary N) is 2. The molecule has 1 fully saturated rings. The molecule has 1 saturated heterocycles. The zero-order valence-electron chi connectivity index (χ0n) is 17.4. The molecule has 2 N–H and O–H groups in total. The molecule has 1 atom stereocenters. The molecule has 158 valence electrons. The molecule has 0 bridgehead atoms. The van der Waals surface area contributed by atoms with Gasteiger partial charge in [0.2, 0.25) is 11.8 Å². The highest BCUT2D eigenvalue weighted by Crippen LogP contribution is 2.25. The van der Waals surface area contributed by atoms with E-state index in [1.165, 1.54) is 0 Å². The second-order valence-electron chi connectivity index (χ2n) is 7.49. The molecule has 0 aliphatic carbocycles. The Balaban J connectivity index is 1.34. The number of nitrogens with zero attached hydrogens (tertiary/aromatic N) is 1. The van der Waals surface area contributed by atoms with Crippen LogP contribution in [0, 0.1) is 0 Å². The van der Waals surface area contributed by atoms with E-state index in [0.717, 1.165) is 30.1 Å². The fourth-order valence-corrected chi connectivity index (χ4v) is 3.48. The third-order valence-corrected chi connectivity index (χ3v) is 5.11. The van der Waals surface area contributed by atoms with Gasteiger partial charge < -0.3 is 20.3 Å². The van der Waals surface area contributed by atoms with Crippen LogP contribution in [0.15, 0.2) is 78.9 Å². The molecule has 6 nitrogen and oxygen atoms in total. The molecule has 1 heterocycles. The van der Waals surface area contributed by atoms with Crippen LogP contribution in [-0.2, 0) is 9.59 Å². The van der Waals surface area contributed by atoms with Gasteiger partial charge in [0.25, 0.3) is 0 Å². The first-order valence-corrected chi connectivity index (χ1v) is 10.4. The summed E-state index contributed by atoms with van der Waals surface area (Å²) < 4.78 is 5.77. The van der Waals surface area contributed by atoms with Gasteiger partial charge in [-0.2, -0.15) is 0 Å². The van der Waals surface area contributed by atoms with Gasteiger partial charge in [-0.25, -0.2) is 0 Å². The van der Waals surface area contributed by atoms with Crippen LogP contribution in [-0.4, -0.2) is 24.4 Å². The summed E-state index contributed by atoms with van der Waals surface area (Å²) in [5.74, 6) is 1.45. The van der Waals surface area contributed by atoms with Crippen LogP contribution in [0.2, 0.25) is 0 Å². The van der Waals surface area contributed by atoms with E-state index < -0.39 is 6.04 Å². The predicted molar refractivity (Wildman–Crippen MR) is 123 cm³/mol. The molecule has 0 spiro atoms. The van der Waals surface area contributed by atoms with E-state index in [1.807, 2.05) is 78.9 Å². The quantitative estimate of drug-likeness (QED) is 0.567. The summed E-state index contributed by atoms with van der Waals surface area (Å²) in [7, 11) is 0. The summed E-state index contributed by atoms with van der Waals surface area (Å²) in [6.07, 6.45) is 1.47. The molecule has 0 aromatic heterocycles. The molecular formula is C25H25N3O3. The average Bonchev–Trinajstić information content (AvgIpc) is 3.22. The molecule has 1 aliphatic rings. The average molecular weight is 415 g/mol. The third-order valence-electron chi connectivity index (χ3n) is 5.11. The maximum atomic E-state index is 12.6. The summed E-state index contributed by atoms with van der Waals surface area (Å²) in [5.41, 5.74) is 2.34. The van der Waals surface area contributed by atoms with Crippen molar-refractivity contribution in [2.24, 2.45) is 0 Å². The Kier molecular flexibility index (Phi) is 6.17. The van der Waals surface area contributed by atoms with Gasteiger partial charge in [0.1, 0.15) is 17.5 Å².